The van der Waals surface area contributed by atoms with Crippen LogP contribution in [-0.4, -0.2) is 37.1 Å². The lowest BCUT2D eigenvalue weighted by molar-refractivity contribution is -0.127. The van der Waals surface area contributed by atoms with Crippen LogP contribution < -0.4 is 9.47 Å². The SMILES string of the molecule is CN(C(=O)/C=C/c1ccc2c(c1)OCCO2)C1CCCCC1. The van der Waals surface area contributed by atoms with Crippen molar-refractivity contribution in [2.75, 3.05) is 20.3 Å². The van der Waals surface area contributed by atoms with Gasteiger partial charge in [-0.05, 0) is 36.6 Å². The van der Waals surface area contributed by atoms with E-state index in [-0.39, 0.29) is 5.91 Å². The quantitative estimate of drug-likeness (QED) is 0.804. The summed E-state index contributed by atoms with van der Waals surface area (Å²) < 4.78 is 11.1. The number of benzene rings is 1. The summed E-state index contributed by atoms with van der Waals surface area (Å²) in [7, 11) is 1.91. The maximum absolute atomic E-state index is 12.3. The van der Waals surface area contributed by atoms with E-state index in [1.54, 1.807) is 6.08 Å². The minimum atomic E-state index is 0.0711. The molecule has 0 bridgehead atoms. The third-order valence-corrected chi connectivity index (χ3v) is 4.45. The zero-order chi connectivity index (χ0) is 15.4. The van der Waals surface area contributed by atoms with Crippen LogP contribution in [0.2, 0.25) is 0 Å². The number of ether oxygens (including phenoxy) is 2. The second-order valence-electron chi connectivity index (χ2n) is 5.98. The maximum Gasteiger partial charge on any atom is 0.246 e. The fraction of sp³-hybridized carbons (Fsp3) is 0.500. The highest BCUT2D eigenvalue weighted by molar-refractivity contribution is 5.91. The van der Waals surface area contributed by atoms with E-state index in [0.717, 1.165) is 29.9 Å². The standard InChI is InChI=1S/C18H23NO3/c1-19(15-5-3-2-4-6-15)18(20)10-8-14-7-9-16-17(13-14)22-12-11-21-16/h7-10,13,15H,2-6,11-12H2,1H3/b10-8+. The number of rotatable bonds is 3. The van der Waals surface area contributed by atoms with Gasteiger partial charge in [0.05, 0.1) is 0 Å². The molecule has 0 saturated heterocycles. The third kappa shape index (κ3) is 3.43. The first-order chi connectivity index (χ1) is 10.7. The summed E-state index contributed by atoms with van der Waals surface area (Å²) in [6.07, 6.45) is 9.51. The van der Waals surface area contributed by atoms with Gasteiger partial charge in [0, 0.05) is 19.2 Å². The van der Waals surface area contributed by atoms with Crippen LogP contribution in [0.4, 0.5) is 0 Å². The Bertz CT molecular complexity index is 561. The summed E-state index contributed by atoms with van der Waals surface area (Å²) in [5, 5.41) is 0. The molecule has 0 N–H and O–H groups in total. The van der Waals surface area contributed by atoms with Gasteiger partial charge in [0.1, 0.15) is 13.2 Å². The Morgan fingerprint density at radius 3 is 2.64 bits per heavy atom. The van der Waals surface area contributed by atoms with Crippen LogP contribution in [0.3, 0.4) is 0 Å². The summed E-state index contributed by atoms with van der Waals surface area (Å²) in [5.41, 5.74) is 0.953. The van der Waals surface area contributed by atoms with Gasteiger partial charge < -0.3 is 14.4 Å². The van der Waals surface area contributed by atoms with Crippen molar-refractivity contribution in [3.05, 3.63) is 29.8 Å². The predicted molar refractivity (Wildman–Crippen MR) is 86.1 cm³/mol. The zero-order valence-corrected chi connectivity index (χ0v) is 13.1. The minimum absolute atomic E-state index is 0.0711. The topological polar surface area (TPSA) is 38.8 Å². The average molecular weight is 301 g/mol. The Labute approximate surface area is 131 Å². The lowest BCUT2D eigenvalue weighted by Crippen LogP contribution is -2.37. The number of fused-ring (bicyclic) bond motifs is 1. The molecule has 0 unspecified atom stereocenters. The Hall–Kier alpha value is -1.97. The number of carbonyl (C=O) groups is 1. The average Bonchev–Trinajstić information content (AvgIpc) is 2.59. The van der Waals surface area contributed by atoms with Crippen molar-refractivity contribution in [3.63, 3.8) is 0 Å². The van der Waals surface area contributed by atoms with Crippen molar-refractivity contribution in [2.45, 2.75) is 38.1 Å². The summed E-state index contributed by atoms with van der Waals surface area (Å²) in [4.78, 5) is 14.2. The molecule has 1 aromatic carbocycles. The van der Waals surface area contributed by atoms with Crippen molar-refractivity contribution < 1.29 is 14.3 Å². The molecular formula is C18H23NO3. The van der Waals surface area contributed by atoms with E-state index < -0.39 is 0 Å². The summed E-state index contributed by atoms with van der Waals surface area (Å²) in [6, 6.07) is 6.14. The van der Waals surface area contributed by atoms with Crippen molar-refractivity contribution >= 4 is 12.0 Å². The number of hydrogen-bond acceptors (Lipinski definition) is 3. The molecule has 1 aliphatic carbocycles. The smallest absolute Gasteiger partial charge is 0.246 e. The van der Waals surface area contributed by atoms with E-state index in [9.17, 15) is 4.79 Å². The van der Waals surface area contributed by atoms with Gasteiger partial charge in [-0.1, -0.05) is 25.3 Å². The molecule has 1 saturated carbocycles. The summed E-state index contributed by atoms with van der Waals surface area (Å²) in [6.45, 7) is 1.16. The van der Waals surface area contributed by atoms with Crippen LogP contribution in [0.5, 0.6) is 11.5 Å². The van der Waals surface area contributed by atoms with E-state index in [0.29, 0.717) is 19.3 Å². The van der Waals surface area contributed by atoms with E-state index in [2.05, 4.69) is 0 Å². The first kappa shape index (κ1) is 14.9. The van der Waals surface area contributed by atoms with Gasteiger partial charge in [-0.2, -0.15) is 0 Å². The van der Waals surface area contributed by atoms with Crippen LogP contribution in [0.15, 0.2) is 24.3 Å². The lowest BCUT2D eigenvalue weighted by Gasteiger charge is -2.30. The number of carbonyl (C=O) groups excluding carboxylic acids is 1. The molecule has 1 heterocycles. The van der Waals surface area contributed by atoms with Gasteiger partial charge in [-0.25, -0.2) is 0 Å². The molecule has 2 aliphatic rings. The molecule has 1 aliphatic heterocycles. The number of hydrogen-bond donors (Lipinski definition) is 0. The first-order valence-corrected chi connectivity index (χ1v) is 8.08. The maximum atomic E-state index is 12.3. The van der Waals surface area contributed by atoms with Crippen LogP contribution >= 0.6 is 0 Å². The molecule has 0 radical (unpaired) electrons. The molecule has 118 valence electrons. The van der Waals surface area contributed by atoms with E-state index >= 15 is 0 Å². The third-order valence-electron chi connectivity index (χ3n) is 4.45. The normalized spacial score (nSPS) is 18.4. The van der Waals surface area contributed by atoms with E-state index in [1.807, 2.05) is 36.2 Å². The molecule has 4 nitrogen and oxygen atoms in total. The molecule has 0 atom stereocenters. The van der Waals surface area contributed by atoms with Crippen LogP contribution in [0, 0.1) is 0 Å². The summed E-state index contributed by atoms with van der Waals surface area (Å²) in [5.74, 6) is 1.59. The molecule has 3 rings (SSSR count). The van der Waals surface area contributed by atoms with Gasteiger partial charge in [-0.15, -0.1) is 0 Å². The second kappa shape index (κ2) is 6.86. The molecule has 1 amide bonds. The van der Waals surface area contributed by atoms with E-state index in [1.165, 1.54) is 19.3 Å². The highest BCUT2D eigenvalue weighted by atomic mass is 16.6. The predicted octanol–water partition coefficient (Wildman–Crippen LogP) is 3.26. The van der Waals surface area contributed by atoms with Crippen molar-refractivity contribution in [3.8, 4) is 11.5 Å². The van der Waals surface area contributed by atoms with Gasteiger partial charge in [0.15, 0.2) is 11.5 Å². The highest BCUT2D eigenvalue weighted by Gasteiger charge is 2.20. The van der Waals surface area contributed by atoms with Gasteiger partial charge in [-0.3, -0.25) is 4.79 Å². The summed E-state index contributed by atoms with van der Waals surface area (Å²) >= 11 is 0. The number of likely N-dealkylation sites (N-methyl/N-ethyl adjacent to an activating group) is 1. The molecule has 1 fully saturated rings. The molecule has 4 heteroatoms. The van der Waals surface area contributed by atoms with Crippen molar-refractivity contribution in [2.24, 2.45) is 0 Å². The molecule has 0 spiro atoms. The Morgan fingerprint density at radius 2 is 1.86 bits per heavy atom. The highest BCUT2D eigenvalue weighted by Crippen LogP contribution is 2.31. The molecule has 0 aromatic heterocycles. The molecule has 1 aromatic rings. The first-order valence-electron chi connectivity index (χ1n) is 8.08. The van der Waals surface area contributed by atoms with Crippen LogP contribution in [0.25, 0.3) is 6.08 Å². The van der Waals surface area contributed by atoms with Crippen LogP contribution in [-0.2, 0) is 4.79 Å². The van der Waals surface area contributed by atoms with Gasteiger partial charge >= 0.3 is 0 Å². The molecular weight excluding hydrogens is 278 g/mol. The molecule has 22 heavy (non-hydrogen) atoms. The zero-order valence-electron chi connectivity index (χ0n) is 13.1. The lowest BCUT2D eigenvalue weighted by atomic mass is 9.94. The fourth-order valence-corrected chi connectivity index (χ4v) is 3.10. The van der Waals surface area contributed by atoms with E-state index in [4.69, 9.17) is 9.47 Å². The van der Waals surface area contributed by atoms with Crippen molar-refractivity contribution in [1.29, 1.82) is 0 Å². The van der Waals surface area contributed by atoms with Gasteiger partial charge in [0.25, 0.3) is 0 Å². The Balaban J connectivity index is 1.64. The number of amides is 1. The van der Waals surface area contributed by atoms with Crippen LogP contribution in [0.1, 0.15) is 37.7 Å². The van der Waals surface area contributed by atoms with Crippen molar-refractivity contribution in [1.82, 2.24) is 4.90 Å². The largest absolute Gasteiger partial charge is 0.486 e. The monoisotopic (exact) mass is 301 g/mol. The fourth-order valence-electron chi connectivity index (χ4n) is 3.10. The second-order valence-corrected chi connectivity index (χ2v) is 5.98. The number of nitrogens with zero attached hydrogens (tertiary/aromatic N) is 1. The Morgan fingerprint density at radius 1 is 1.14 bits per heavy atom. The van der Waals surface area contributed by atoms with Gasteiger partial charge in [0.2, 0.25) is 5.91 Å². The Kier molecular flexibility index (Phi) is 4.66. The minimum Gasteiger partial charge on any atom is -0.486 e.